The van der Waals surface area contributed by atoms with E-state index in [1.165, 1.54) is 56.4 Å². The van der Waals surface area contributed by atoms with Crippen LogP contribution >= 0.6 is 0 Å². The first-order chi connectivity index (χ1) is 15.2. The van der Waals surface area contributed by atoms with Crippen molar-refractivity contribution in [3.63, 3.8) is 0 Å². The molecule has 1 spiro atoms. The minimum absolute atomic E-state index is 0. The van der Waals surface area contributed by atoms with Crippen molar-refractivity contribution >= 4 is 6.03 Å². The summed E-state index contributed by atoms with van der Waals surface area (Å²) in [5.41, 5.74) is 3.06. The highest BCUT2D eigenvalue weighted by molar-refractivity contribution is 5.75. The van der Waals surface area contributed by atoms with Crippen LogP contribution in [0.5, 0.6) is 0 Å². The molecule has 5 heteroatoms. The number of benzene rings is 1. The van der Waals surface area contributed by atoms with Gasteiger partial charge in [-0.05, 0) is 74.1 Å². The SMILES string of the molecule is O=C(N[C@H]1CC2(CCN(CC3CC4C=CC3C4)CC2)c2ccccc21)N1CCOCC1.[HH]. The van der Waals surface area contributed by atoms with Gasteiger partial charge in [-0.25, -0.2) is 4.79 Å². The molecule has 1 aromatic rings. The molecule has 2 saturated heterocycles. The molecule has 5 nitrogen and oxygen atoms in total. The first-order valence-corrected chi connectivity index (χ1v) is 12.3. The molecule has 5 aliphatic rings. The number of rotatable bonds is 3. The van der Waals surface area contributed by atoms with Gasteiger partial charge in [-0.2, -0.15) is 0 Å². The number of nitrogens with one attached hydrogen (secondary N) is 1. The van der Waals surface area contributed by atoms with Gasteiger partial charge in [0.2, 0.25) is 0 Å². The molecule has 4 atom stereocenters. The van der Waals surface area contributed by atoms with E-state index in [1.807, 2.05) is 4.90 Å². The lowest BCUT2D eigenvalue weighted by Crippen LogP contribution is -2.47. The minimum Gasteiger partial charge on any atom is -0.378 e. The van der Waals surface area contributed by atoms with Gasteiger partial charge in [0.05, 0.1) is 19.3 Å². The number of nitrogens with zero attached hydrogens (tertiary/aromatic N) is 2. The van der Waals surface area contributed by atoms with Crippen molar-refractivity contribution in [1.82, 2.24) is 15.1 Å². The normalized spacial score (nSPS) is 33.7. The van der Waals surface area contributed by atoms with Crippen LogP contribution in [-0.2, 0) is 10.2 Å². The van der Waals surface area contributed by atoms with E-state index in [2.05, 4.69) is 46.6 Å². The van der Waals surface area contributed by atoms with E-state index in [0.29, 0.717) is 26.3 Å². The number of likely N-dealkylation sites (tertiary alicyclic amines) is 1. The van der Waals surface area contributed by atoms with Crippen molar-refractivity contribution in [2.24, 2.45) is 17.8 Å². The van der Waals surface area contributed by atoms with Crippen LogP contribution < -0.4 is 5.32 Å². The molecule has 3 aliphatic carbocycles. The van der Waals surface area contributed by atoms with Gasteiger partial charge < -0.3 is 19.9 Å². The quantitative estimate of drug-likeness (QED) is 0.749. The number of allylic oxidation sites excluding steroid dienone is 2. The topological polar surface area (TPSA) is 44.8 Å². The molecule has 168 valence electrons. The van der Waals surface area contributed by atoms with Crippen molar-refractivity contribution in [3.05, 3.63) is 47.5 Å². The molecule has 0 aromatic heterocycles. The van der Waals surface area contributed by atoms with Crippen LogP contribution in [0.15, 0.2) is 36.4 Å². The minimum atomic E-state index is 0. The van der Waals surface area contributed by atoms with Crippen molar-refractivity contribution in [2.45, 2.75) is 43.6 Å². The first kappa shape index (κ1) is 19.8. The zero-order valence-corrected chi connectivity index (χ0v) is 18.5. The van der Waals surface area contributed by atoms with Gasteiger partial charge in [-0.3, -0.25) is 0 Å². The fraction of sp³-hybridized carbons (Fsp3) is 0.654. The smallest absolute Gasteiger partial charge is 0.318 e. The van der Waals surface area contributed by atoms with E-state index in [1.54, 1.807) is 0 Å². The van der Waals surface area contributed by atoms with Crippen molar-refractivity contribution < 1.29 is 11.0 Å². The van der Waals surface area contributed by atoms with Crippen molar-refractivity contribution in [1.29, 1.82) is 0 Å². The third kappa shape index (κ3) is 3.60. The van der Waals surface area contributed by atoms with E-state index < -0.39 is 0 Å². The van der Waals surface area contributed by atoms with E-state index in [4.69, 9.17) is 4.74 Å². The highest BCUT2D eigenvalue weighted by Gasteiger charge is 2.46. The zero-order chi connectivity index (χ0) is 20.8. The maximum atomic E-state index is 12.9. The molecule has 1 aromatic carbocycles. The van der Waals surface area contributed by atoms with Crippen LogP contribution in [0, 0.1) is 17.8 Å². The molecule has 2 aliphatic heterocycles. The van der Waals surface area contributed by atoms with Crippen LogP contribution in [0.3, 0.4) is 0 Å². The van der Waals surface area contributed by atoms with Crippen LogP contribution in [0.4, 0.5) is 4.79 Å². The Bertz CT molecular complexity index is 860. The predicted octanol–water partition coefficient (Wildman–Crippen LogP) is 3.97. The lowest BCUT2D eigenvalue weighted by atomic mass is 9.73. The number of urea groups is 1. The molecule has 3 fully saturated rings. The maximum absolute atomic E-state index is 12.9. The summed E-state index contributed by atoms with van der Waals surface area (Å²) in [6.45, 7) is 6.34. The third-order valence-electron chi connectivity index (χ3n) is 8.82. The molecule has 2 heterocycles. The second-order valence-corrected chi connectivity index (χ2v) is 10.5. The number of carbonyl (C=O) groups excluding carboxylic acids is 1. The first-order valence-electron chi connectivity index (χ1n) is 12.3. The summed E-state index contributed by atoms with van der Waals surface area (Å²) in [5.74, 6) is 2.58. The zero-order valence-electron chi connectivity index (χ0n) is 18.5. The van der Waals surface area contributed by atoms with Crippen LogP contribution in [0.2, 0.25) is 0 Å². The summed E-state index contributed by atoms with van der Waals surface area (Å²) in [6, 6.07) is 9.08. The standard InChI is InChI=1S/C26H35N3O2.H2/c30-25(29-11-13-31-14-12-29)27-24-17-26(23-4-2-1-3-22(23)24)7-9-28(10-8-26)18-21-16-19-5-6-20(21)15-19;/h1-6,19-21,24H,7-18H2,(H,27,30);1H/t19?,20?,21?,24-;/m0./s1. The molecular formula is C26H37N3O2. The maximum Gasteiger partial charge on any atom is 0.318 e. The van der Waals surface area contributed by atoms with Gasteiger partial charge in [-0.1, -0.05) is 36.4 Å². The van der Waals surface area contributed by atoms with Crippen molar-refractivity contribution in [2.75, 3.05) is 45.9 Å². The Morgan fingerprint density at radius 2 is 1.90 bits per heavy atom. The summed E-state index contributed by atoms with van der Waals surface area (Å²) in [5, 5.41) is 3.37. The Hall–Kier alpha value is -1.85. The molecule has 6 rings (SSSR count). The van der Waals surface area contributed by atoms with E-state index in [-0.39, 0.29) is 18.9 Å². The molecule has 31 heavy (non-hydrogen) atoms. The Morgan fingerprint density at radius 1 is 1.10 bits per heavy atom. The monoisotopic (exact) mass is 423 g/mol. The van der Waals surface area contributed by atoms with Gasteiger partial charge in [-0.15, -0.1) is 0 Å². The Kier molecular flexibility index (Phi) is 5.07. The van der Waals surface area contributed by atoms with E-state index in [0.717, 1.165) is 24.2 Å². The van der Waals surface area contributed by atoms with Gasteiger partial charge in [0.15, 0.2) is 0 Å². The molecule has 0 radical (unpaired) electrons. The molecule has 1 N–H and O–H groups in total. The van der Waals surface area contributed by atoms with Crippen LogP contribution in [-0.4, -0.2) is 61.8 Å². The molecular weight excluding hydrogens is 386 g/mol. The van der Waals surface area contributed by atoms with Gasteiger partial charge in [0, 0.05) is 26.5 Å². The fourth-order valence-electron chi connectivity index (χ4n) is 7.10. The largest absolute Gasteiger partial charge is 0.378 e. The Balaban J connectivity index is 0.00000216. The number of morpholine rings is 1. The summed E-state index contributed by atoms with van der Waals surface area (Å²) >= 11 is 0. The lowest BCUT2D eigenvalue weighted by molar-refractivity contribution is 0.0521. The number of carbonyl (C=O) groups is 1. The third-order valence-corrected chi connectivity index (χ3v) is 8.82. The number of hydrogen-bond donors (Lipinski definition) is 1. The average molecular weight is 424 g/mol. The van der Waals surface area contributed by atoms with Gasteiger partial charge >= 0.3 is 6.03 Å². The van der Waals surface area contributed by atoms with Crippen LogP contribution in [0.25, 0.3) is 0 Å². The number of ether oxygens (including phenoxy) is 1. The molecule has 1 saturated carbocycles. The second kappa shape index (κ2) is 7.93. The summed E-state index contributed by atoms with van der Waals surface area (Å²) in [4.78, 5) is 17.5. The predicted molar refractivity (Wildman–Crippen MR) is 123 cm³/mol. The molecule has 2 amide bonds. The lowest BCUT2D eigenvalue weighted by Gasteiger charge is -2.41. The molecule has 2 bridgehead atoms. The number of amides is 2. The Labute approximate surface area is 187 Å². The summed E-state index contributed by atoms with van der Waals surface area (Å²) in [7, 11) is 0. The average Bonchev–Trinajstić information content (AvgIpc) is 3.51. The summed E-state index contributed by atoms with van der Waals surface area (Å²) < 4.78 is 5.41. The van der Waals surface area contributed by atoms with Gasteiger partial charge in [0.1, 0.15) is 0 Å². The fourth-order valence-corrected chi connectivity index (χ4v) is 7.10. The molecule has 3 unspecified atom stereocenters. The second-order valence-electron chi connectivity index (χ2n) is 10.5. The Morgan fingerprint density at radius 3 is 2.65 bits per heavy atom. The van der Waals surface area contributed by atoms with Crippen LogP contribution in [0.1, 0.15) is 50.7 Å². The highest BCUT2D eigenvalue weighted by atomic mass is 16.5. The number of fused-ring (bicyclic) bond motifs is 4. The number of hydrogen-bond acceptors (Lipinski definition) is 3. The van der Waals surface area contributed by atoms with Gasteiger partial charge in [0.25, 0.3) is 0 Å². The van der Waals surface area contributed by atoms with E-state index in [9.17, 15) is 4.79 Å². The van der Waals surface area contributed by atoms with E-state index >= 15 is 0 Å². The summed E-state index contributed by atoms with van der Waals surface area (Å²) in [6.07, 6.45) is 11.2. The number of piperidine rings is 1. The highest BCUT2D eigenvalue weighted by Crippen LogP contribution is 2.51. The van der Waals surface area contributed by atoms with Crippen molar-refractivity contribution in [3.8, 4) is 0 Å².